The molecule has 0 saturated carbocycles. The van der Waals surface area contributed by atoms with Gasteiger partial charge in [0.05, 0.1) is 5.56 Å². The van der Waals surface area contributed by atoms with Gasteiger partial charge in [0, 0.05) is 0 Å². The molecule has 0 fully saturated rings. The molecule has 14 heavy (non-hydrogen) atoms. The van der Waals surface area contributed by atoms with Crippen LogP contribution in [0.2, 0.25) is 0 Å². The van der Waals surface area contributed by atoms with Gasteiger partial charge in [-0.2, -0.15) is 0 Å². The molecular weight excluding hydrogens is 188 g/mol. The Morgan fingerprint density at radius 1 is 1.14 bits per heavy atom. The van der Waals surface area contributed by atoms with Crippen molar-refractivity contribution in [3.63, 3.8) is 0 Å². The summed E-state index contributed by atoms with van der Waals surface area (Å²) in [7, 11) is 0. The van der Waals surface area contributed by atoms with Crippen LogP contribution in [0.4, 0.5) is 0 Å². The number of aryl methyl sites for hydroxylation is 1. The molecule has 0 atom stereocenters. The first kappa shape index (κ1) is 10.1. The summed E-state index contributed by atoms with van der Waals surface area (Å²) in [5.41, 5.74) is 0.333. The monoisotopic (exact) mass is 196 g/mol. The Kier molecular flexibility index (Phi) is 2.76. The summed E-state index contributed by atoms with van der Waals surface area (Å²) < 4.78 is 0. The van der Waals surface area contributed by atoms with Crippen LogP contribution in [0.3, 0.4) is 0 Å². The SMILES string of the molecule is Cc1cc(O)c(C(N=O)N=O)c(O)c1. The number of hydrogen-bond acceptors (Lipinski definition) is 6. The number of benzene rings is 1. The third-order valence-corrected chi connectivity index (χ3v) is 1.74. The summed E-state index contributed by atoms with van der Waals surface area (Å²) >= 11 is 0. The van der Waals surface area contributed by atoms with E-state index in [4.69, 9.17) is 0 Å². The Morgan fingerprint density at radius 3 is 1.93 bits per heavy atom. The summed E-state index contributed by atoms with van der Waals surface area (Å²) in [6, 6.07) is 2.61. The average molecular weight is 196 g/mol. The van der Waals surface area contributed by atoms with Crippen molar-refractivity contribution in [3.8, 4) is 11.5 Å². The molecule has 0 spiro atoms. The molecule has 2 N–H and O–H groups in total. The van der Waals surface area contributed by atoms with E-state index >= 15 is 0 Å². The summed E-state index contributed by atoms with van der Waals surface area (Å²) in [6.45, 7) is 1.64. The van der Waals surface area contributed by atoms with Gasteiger partial charge in [0.15, 0.2) is 0 Å². The Hall–Kier alpha value is -1.98. The summed E-state index contributed by atoms with van der Waals surface area (Å²) in [5, 5.41) is 23.5. The van der Waals surface area contributed by atoms with Crippen LogP contribution in [0.15, 0.2) is 22.5 Å². The minimum absolute atomic E-state index is 0.263. The van der Waals surface area contributed by atoms with Crippen LogP contribution < -0.4 is 0 Å². The Bertz CT molecular complexity index is 347. The molecule has 0 aliphatic heterocycles. The van der Waals surface area contributed by atoms with Crippen LogP contribution in [-0.4, -0.2) is 10.2 Å². The Balaban J connectivity index is 3.32. The van der Waals surface area contributed by atoms with E-state index in [1.807, 2.05) is 0 Å². The van der Waals surface area contributed by atoms with Crippen molar-refractivity contribution < 1.29 is 10.2 Å². The molecule has 0 aliphatic rings. The fourth-order valence-electron chi connectivity index (χ4n) is 1.15. The highest BCUT2D eigenvalue weighted by Gasteiger charge is 2.21. The maximum atomic E-state index is 10.2. The lowest BCUT2D eigenvalue weighted by molar-refractivity contribution is 0.429. The normalized spacial score (nSPS) is 10.1. The van der Waals surface area contributed by atoms with Crippen molar-refractivity contribution in [2.45, 2.75) is 13.1 Å². The second-order valence-electron chi connectivity index (χ2n) is 2.80. The maximum absolute atomic E-state index is 10.2. The number of rotatable bonds is 3. The fourth-order valence-corrected chi connectivity index (χ4v) is 1.15. The van der Waals surface area contributed by atoms with Crippen molar-refractivity contribution in [1.82, 2.24) is 0 Å². The van der Waals surface area contributed by atoms with Crippen molar-refractivity contribution in [2.24, 2.45) is 10.4 Å². The topological polar surface area (TPSA) is 99.3 Å². The van der Waals surface area contributed by atoms with Gasteiger partial charge in [-0.25, -0.2) is 0 Å². The van der Waals surface area contributed by atoms with Gasteiger partial charge in [-0.3, -0.25) is 0 Å². The quantitative estimate of drug-likeness (QED) is 0.721. The molecule has 1 aromatic rings. The summed E-state index contributed by atoms with van der Waals surface area (Å²) in [5.74, 6) is -0.738. The van der Waals surface area contributed by atoms with Gasteiger partial charge < -0.3 is 10.2 Å². The van der Waals surface area contributed by atoms with Gasteiger partial charge in [0.1, 0.15) is 11.5 Å². The molecule has 0 unspecified atom stereocenters. The second-order valence-corrected chi connectivity index (χ2v) is 2.80. The lowest BCUT2D eigenvalue weighted by Gasteiger charge is -2.07. The maximum Gasteiger partial charge on any atom is 0.254 e. The predicted octanol–water partition coefficient (Wildman–Crippen LogP) is 1.94. The molecule has 0 bridgehead atoms. The van der Waals surface area contributed by atoms with Crippen LogP contribution in [-0.2, 0) is 0 Å². The van der Waals surface area contributed by atoms with Gasteiger partial charge in [-0.05, 0) is 35.0 Å². The first-order valence-electron chi connectivity index (χ1n) is 3.77. The van der Waals surface area contributed by atoms with Crippen LogP contribution in [0, 0.1) is 16.7 Å². The Morgan fingerprint density at radius 2 is 1.57 bits per heavy atom. The fraction of sp³-hybridized carbons (Fsp3) is 0.250. The molecule has 0 amide bonds. The van der Waals surface area contributed by atoms with E-state index in [0.717, 1.165) is 0 Å². The third-order valence-electron chi connectivity index (χ3n) is 1.74. The number of nitroso groups, excluding NO2 is 2. The molecular formula is C8H8N2O4. The second kappa shape index (κ2) is 3.82. The van der Waals surface area contributed by atoms with Gasteiger partial charge in [-0.15, -0.1) is 9.81 Å². The van der Waals surface area contributed by atoms with Gasteiger partial charge in [-0.1, -0.05) is 0 Å². The molecule has 1 aromatic carbocycles. The van der Waals surface area contributed by atoms with E-state index in [2.05, 4.69) is 10.4 Å². The Labute approximate surface area is 79.1 Å². The standard InChI is InChI=1S/C8H8N2O4/c1-4-2-5(11)7(6(12)3-4)8(9-13)10-14/h2-3,8,11-12H,1H3. The van der Waals surface area contributed by atoms with Crippen LogP contribution in [0.5, 0.6) is 11.5 Å². The number of nitrogens with zero attached hydrogens (tertiary/aromatic N) is 2. The molecule has 0 aromatic heterocycles. The van der Waals surface area contributed by atoms with Crippen molar-refractivity contribution in [2.75, 3.05) is 0 Å². The van der Waals surface area contributed by atoms with E-state index in [-0.39, 0.29) is 17.1 Å². The van der Waals surface area contributed by atoms with E-state index in [1.54, 1.807) is 6.92 Å². The van der Waals surface area contributed by atoms with E-state index < -0.39 is 6.17 Å². The minimum Gasteiger partial charge on any atom is -0.507 e. The van der Waals surface area contributed by atoms with Crippen LogP contribution in [0.25, 0.3) is 0 Å². The molecule has 0 aliphatic carbocycles. The molecule has 0 saturated heterocycles. The van der Waals surface area contributed by atoms with Crippen LogP contribution >= 0.6 is 0 Å². The minimum atomic E-state index is -1.62. The molecule has 74 valence electrons. The third kappa shape index (κ3) is 1.68. The largest absolute Gasteiger partial charge is 0.507 e. The zero-order valence-corrected chi connectivity index (χ0v) is 7.34. The summed E-state index contributed by atoms with van der Waals surface area (Å²) in [6.07, 6.45) is -1.62. The first-order valence-corrected chi connectivity index (χ1v) is 3.77. The smallest absolute Gasteiger partial charge is 0.254 e. The molecule has 0 radical (unpaired) electrons. The molecule has 1 rings (SSSR count). The first-order chi connectivity index (χ1) is 6.60. The van der Waals surface area contributed by atoms with Crippen molar-refractivity contribution >= 4 is 0 Å². The van der Waals surface area contributed by atoms with Gasteiger partial charge in [0.2, 0.25) is 0 Å². The average Bonchev–Trinajstić information content (AvgIpc) is 2.10. The van der Waals surface area contributed by atoms with E-state index in [1.165, 1.54) is 12.1 Å². The van der Waals surface area contributed by atoms with E-state index in [9.17, 15) is 20.0 Å². The highest BCUT2D eigenvalue weighted by molar-refractivity contribution is 5.48. The van der Waals surface area contributed by atoms with Crippen molar-refractivity contribution in [3.05, 3.63) is 33.1 Å². The van der Waals surface area contributed by atoms with Crippen molar-refractivity contribution in [1.29, 1.82) is 0 Å². The highest BCUT2D eigenvalue weighted by Crippen LogP contribution is 2.36. The van der Waals surface area contributed by atoms with Gasteiger partial charge in [0.25, 0.3) is 6.17 Å². The lowest BCUT2D eigenvalue weighted by Crippen LogP contribution is -1.92. The van der Waals surface area contributed by atoms with Crippen LogP contribution in [0.1, 0.15) is 17.3 Å². The number of hydrogen-bond donors (Lipinski definition) is 2. The molecule has 6 heteroatoms. The molecule has 6 nitrogen and oxygen atoms in total. The number of aromatic hydroxyl groups is 2. The number of phenolic OH excluding ortho intramolecular Hbond substituents is 2. The van der Waals surface area contributed by atoms with Gasteiger partial charge >= 0.3 is 0 Å². The highest BCUT2D eigenvalue weighted by atomic mass is 16.3. The number of phenols is 2. The zero-order chi connectivity index (χ0) is 10.7. The molecule has 0 heterocycles. The zero-order valence-electron chi connectivity index (χ0n) is 7.34. The lowest BCUT2D eigenvalue weighted by atomic mass is 10.1. The van der Waals surface area contributed by atoms with E-state index in [0.29, 0.717) is 5.56 Å². The summed E-state index contributed by atoms with van der Waals surface area (Å²) in [4.78, 5) is 20.3. The predicted molar refractivity (Wildman–Crippen MR) is 48.8 cm³/mol.